The molecule has 1 saturated carbocycles. The molecule has 3 aromatic heterocycles. The maximum atomic E-state index is 9.56. The predicted molar refractivity (Wildman–Crippen MR) is 111 cm³/mol. The number of imidazole rings is 1. The van der Waals surface area contributed by atoms with Gasteiger partial charge in [0.2, 0.25) is 0 Å². The van der Waals surface area contributed by atoms with Crippen LogP contribution in [0.1, 0.15) is 48.3 Å². The Kier molecular flexibility index (Phi) is 3.39. The average Bonchev–Trinajstić information content (AvgIpc) is 3.45. The number of fused-ring (bicyclic) bond motifs is 6. The van der Waals surface area contributed by atoms with Gasteiger partial charge in [-0.25, -0.2) is 4.98 Å². The second-order valence-electron chi connectivity index (χ2n) is 8.07. The Labute approximate surface area is 168 Å². The molecular formula is C24H19N5. The van der Waals surface area contributed by atoms with E-state index in [2.05, 4.69) is 27.8 Å². The third-order valence-corrected chi connectivity index (χ3v) is 6.34. The molecule has 4 heterocycles. The molecule has 1 aliphatic heterocycles. The van der Waals surface area contributed by atoms with E-state index in [9.17, 15) is 5.26 Å². The van der Waals surface area contributed by atoms with Gasteiger partial charge >= 0.3 is 0 Å². The van der Waals surface area contributed by atoms with Gasteiger partial charge in [-0.1, -0.05) is 12.1 Å². The first kappa shape index (κ1) is 16.4. The summed E-state index contributed by atoms with van der Waals surface area (Å²) in [5.41, 5.74) is 6.53. The van der Waals surface area contributed by atoms with Crippen LogP contribution in [0.25, 0.3) is 33.5 Å². The van der Waals surface area contributed by atoms with Crippen LogP contribution in [0, 0.1) is 18.3 Å². The van der Waals surface area contributed by atoms with E-state index in [1.807, 2.05) is 31.2 Å². The van der Waals surface area contributed by atoms with Crippen molar-refractivity contribution in [3.05, 3.63) is 65.7 Å². The van der Waals surface area contributed by atoms with Crippen molar-refractivity contribution in [3.63, 3.8) is 0 Å². The van der Waals surface area contributed by atoms with Crippen molar-refractivity contribution in [1.82, 2.24) is 19.5 Å². The van der Waals surface area contributed by atoms with Gasteiger partial charge in [-0.05, 0) is 56.5 Å². The van der Waals surface area contributed by atoms with E-state index in [0.29, 0.717) is 17.5 Å². The lowest BCUT2D eigenvalue weighted by molar-refractivity contribution is 0.530. The average molecular weight is 377 g/mol. The van der Waals surface area contributed by atoms with Crippen molar-refractivity contribution >= 4 is 10.9 Å². The lowest BCUT2D eigenvalue weighted by Crippen LogP contribution is -2.07. The van der Waals surface area contributed by atoms with Crippen LogP contribution in [0.3, 0.4) is 0 Å². The molecule has 4 aromatic rings. The van der Waals surface area contributed by atoms with Crippen molar-refractivity contribution in [2.24, 2.45) is 0 Å². The van der Waals surface area contributed by atoms with Crippen LogP contribution in [-0.2, 0) is 0 Å². The predicted octanol–water partition coefficient (Wildman–Crippen LogP) is 5.16. The van der Waals surface area contributed by atoms with E-state index < -0.39 is 0 Å². The number of rotatable bonds is 2. The van der Waals surface area contributed by atoms with Gasteiger partial charge in [0.05, 0.1) is 28.5 Å². The summed E-state index contributed by atoms with van der Waals surface area (Å²) in [6.07, 6.45) is 5.32. The highest BCUT2D eigenvalue weighted by Crippen LogP contribution is 2.52. The van der Waals surface area contributed by atoms with Gasteiger partial charge < -0.3 is 4.57 Å². The Hall–Kier alpha value is -3.52. The maximum absolute atomic E-state index is 9.56. The molecule has 2 atom stereocenters. The summed E-state index contributed by atoms with van der Waals surface area (Å²) in [5.74, 6) is 1.75. The third-order valence-electron chi connectivity index (χ3n) is 6.34. The van der Waals surface area contributed by atoms with Crippen LogP contribution in [0.5, 0.6) is 0 Å². The quantitative estimate of drug-likeness (QED) is 0.484. The topological polar surface area (TPSA) is 67.4 Å². The zero-order valence-corrected chi connectivity index (χ0v) is 16.1. The molecule has 5 heteroatoms. The molecule has 5 nitrogen and oxygen atoms in total. The first-order valence-corrected chi connectivity index (χ1v) is 10.1. The van der Waals surface area contributed by atoms with Gasteiger partial charge in [0.1, 0.15) is 11.5 Å². The van der Waals surface area contributed by atoms with Crippen LogP contribution in [0.15, 0.2) is 48.7 Å². The zero-order chi connectivity index (χ0) is 19.5. The van der Waals surface area contributed by atoms with Crippen LogP contribution in [0.4, 0.5) is 0 Å². The molecule has 140 valence electrons. The summed E-state index contributed by atoms with van der Waals surface area (Å²) in [6, 6.07) is 16.9. The van der Waals surface area contributed by atoms with Crippen LogP contribution >= 0.6 is 0 Å². The Balaban J connectivity index is 1.65. The number of hydrogen-bond acceptors (Lipinski definition) is 4. The lowest BCUT2D eigenvalue weighted by Gasteiger charge is -2.17. The molecular weight excluding hydrogens is 358 g/mol. The minimum absolute atomic E-state index is 0.510. The first-order chi connectivity index (χ1) is 14.2. The molecule has 1 aliphatic carbocycles. The second-order valence-corrected chi connectivity index (χ2v) is 8.07. The zero-order valence-electron chi connectivity index (χ0n) is 16.1. The Morgan fingerprint density at radius 2 is 2.03 bits per heavy atom. The SMILES string of the molecule is Cc1cccc(-c2nc3n(c2-c2ccc4nccc(C#N)c4c2)C2CCC3C2)n1. The number of pyridine rings is 2. The summed E-state index contributed by atoms with van der Waals surface area (Å²) < 4.78 is 2.44. The summed E-state index contributed by atoms with van der Waals surface area (Å²) in [6.45, 7) is 2.01. The number of nitriles is 1. The van der Waals surface area contributed by atoms with Gasteiger partial charge in [0, 0.05) is 34.8 Å². The van der Waals surface area contributed by atoms with Gasteiger partial charge in [-0.3, -0.25) is 9.97 Å². The van der Waals surface area contributed by atoms with Gasteiger partial charge in [-0.2, -0.15) is 5.26 Å². The minimum Gasteiger partial charge on any atom is -0.324 e. The number of aromatic nitrogens is 4. The van der Waals surface area contributed by atoms with E-state index in [1.54, 1.807) is 12.3 Å². The van der Waals surface area contributed by atoms with E-state index in [-0.39, 0.29) is 0 Å². The fourth-order valence-corrected chi connectivity index (χ4v) is 5.05. The normalized spacial score (nSPS) is 19.4. The molecule has 0 N–H and O–H groups in total. The molecule has 0 spiro atoms. The third kappa shape index (κ3) is 2.35. The number of nitrogens with zero attached hydrogens (tertiary/aromatic N) is 5. The van der Waals surface area contributed by atoms with Crippen molar-refractivity contribution in [2.75, 3.05) is 0 Å². The van der Waals surface area contributed by atoms with Crippen LogP contribution < -0.4 is 0 Å². The number of hydrogen-bond donors (Lipinski definition) is 0. The van der Waals surface area contributed by atoms with E-state index in [1.165, 1.54) is 25.1 Å². The molecule has 0 radical (unpaired) electrons. The fourth-order valence-electron chi connectivity index (χ4n) is 5.05. The van der Waals surface area contributed by atoms with Gasteiger partial charge in [0.25, 0.3) is 0 Å². The molecule has 6 rings (SSSR count). The minimum atomic E-state index is 0.510. The van der Waals surface area contributed by atoms with E-state index >= 15 is 0 Å². The molecule has 2 unspecified atom stereocenters. The molecule has 1 fully saturated rings. The monoisotopic (exact) mass is 377 g/mol. The Bertz CT molecular complexity index is 1330. The standard InChI is InChI=1S/C24H19N5/c1-14-3-2-4-21(27-14)22-23(29-18-7-5-16(11-18)24(29)28-22)15-6-8-20-19(12-15)17(13-25)9-10-26-20/h2-4,6,8-10,12,16,18H,5,7,11H2,1H3. The number of aryl methyl sites for hydroxylation is 1. The lowest BCUT2D eigenvalue weighted by atomic mass is 10.0. The van der Waals surface area contributed by atoms with Crippen LogP contribution in [-0.4, -0.2) is 19.5 Å². The fraction of sp³-hybridized carbons (Fsp3) is 0.250. The first-order valence-electron chi connectivity index (χ1n) is 10.1. The van der Waals surface area contributed by atoms with Crippen molar-refractivity contribution in [1.29, 1.82) is 5.26 Å². The Morgan fingerprint density at radius 3 is 2.90 bits per heavy atom. The van der Waals surface area contributed by atoms with Crippen LogP contribution in [0.2, 0.25) is 0 Å². The summed E-state index contributed by atoms with van der Waals surface area (Å²) in [4.78, 5) is 14.3. The number of benzene rings is 1. The van der Waals surface area contributed by atoms with Crippen molar-refractivity contribution in [3.8, 4) is 28.7 Å². The molecule has 0 amide bonds. The highest BCUT2D eigenvalue weighted by Gasteiger charge is 2.41. The maximum Gasteiger partial charge on any atom is 0.115 e. The van der Waals surface area contributed by atoms with Gasteiger partial charge in [-0.15, -0.1) is 0 Å². The van der Waals surface area contributed by atoms with Crippen molar-refractivity contribution in [2.45, 2.75) is 38.1 Å². The van der Waals surface area contributed by atoms with E-state index in [0.717, 1.165) is 39.2 Å². The molecule has 2 aliphatic rings. The summed E-state index contributed by atoms with van der Waals surface area (Å²) in [7, 11) is 0. The molecule has 0 saturated heterocycles. The van der Waals surface area contributed by atoms with Crippen molar-refractivity contribution < 1.29 is 0 Å². The van der Waals surface area contributed by atoms with Gasteiger partial charge in [0.15, 0.2) is 0 Å². The highest BCUT2D eigenvalue weighted by atomic mass is 15.2. The largest absolute Gasteiger partial charge is 0.324 e. The smallest absolute Gasteiger partial charge is 0.115 e. The molecule has 29 heavy (non-hydrogen) atoms. The highest BCUT2D eigenvalue weighted by molar-refractivity contribution is 5.90. The molecule has 1 aromatic carbocycles. The second kappa shape index (κ2) is 5.99. The van der Waals surface area contributed by atoms with E-state index in [4.69, 9.17) is 9.97 Å². The summed E-state index contributed by atoms with van der Waals surface area (Å²) >= 11 is 0. The Morgan fingerprint density at radius 1 is 1.10 bits per heavy atom. The molecule has 2 bridgehead atoms. The summed E-state index contributed by atoms with van der Waals surface area (Å²) in [5, 5.41) is 10.4.